The molecule has 0 saturated carbocycles. The molecule has 0 bridgehead atoms. The molecule has 11 nitrogen and oxygen atoms in total. The zero-order valence-electron chi connectivity index (χ0n) is 28.2. The number of halogens is 2. The fraction of sp³-hybridized carbons (Fsp3) is 0.444. The van der Waals surface area contributed by atoms with Crippen LogP contribution >= 0.6 is 22.9 Å². The number of anilines is 2. The second-order valence-electron chi connectivity index (χ2n) is 13.2. The number of nitrogens with two attached hydrogens (primary N) is 1. The van der Waals surface area contributed by atoms with Gasteiger partial charge >= 0.3 is 6.03 Å². The fourth-order valence-electron chi connectivity index (χ4n) is 7.88. The van der Waals surface area contributed by atoms with E-state index in [1.165, 1.54) is 6.07 Å². The standard InChI is InChI=1S/C36H38ClFN8O3S/c1-19(27-8-5-11-44(27)3)49-35-24(17-40)31-29-26(43-35)15-22(21-9-10-25(38)33-28(21)23(16-39)34(41)50-33)30(37)32(29)48-14-6-13-46(31)20-7-4-12-45(18-20)36(47)42-2/h9-10,15,19-20,27H,4-8,11-14,18,41H2,1-3H3,(H,42,47)/t19-,20?,27-/m0/s1. The molecular formula is C36H38ClFN8O3S. The SMILES string of the molecule is CNC(=O)N1CCCC(N2CCCOc3c(Cl)c(-c4ccc(F)c5sc(N)c(C#N)c45)cc4nc(O[C@@H](C)[C@@H]5CCCN5C)c(C#N)c2c34)C1. The lowest BCUT2D eigenvalue weighted by atomic mass is 9.95. The molecule has 0 radical (unpaired) electrons. The molecule has 260 valence electrons. The first-order valence-electron chi connectivity index (χ1n) is 16.9. The molecule has 14 heteroatoms. The number of piperidine rings is 1. The molecule has 2 aromatic carbocycles. The van der Waals surface area contributed by atoms with E-state index in [1.54, 1.807) is 24.1 Å². The highest BCUT2D eigenvalue weighted by Crippen LogP contribution is 2.51. The molecule has 4 aromatic rings. The molecule has 5 heterocycles. The monoisotopic (exact) mass is 716 g/mol. The van der Waals surface area contributed by atoms with Crippen molar-refractivity contribution in [3.05, 3.63) is 40.2 Å². The smallest absolute Gasteiger partial charge is 0.317 e. The fourth-order valence-corrected chi connectivity index (χ4v) is 9.14. The molecule has 2 amide bonds. The summed E-state index contributed by atoms with van der Waals surface area (Å²) in [6.07, 6.45) is 3.98. The van der Waals surface area contributed by atoms with E-state index in [1.807, 2.05) is 6.92 Å². The van der Waals surface area contributed by atoms with Gasteiger partial charge in [0.25, 0.3) is 0 Å². The lowest BCUT2D eigenvalue weighted by Gasteiger charge is -2.42. The number of ether oxygens (including phenoxy) is 2. The number of benzene rings is 2. The molecule has 3 atom stereocenters. The number of nitrogen functional groups attached to an aromatic ring is 1. The van der Waals surface area contributed by atoms with Gasteiger partial charge in [0.15, 0.2) is 0 Å². The Morgan fingerprint density at radius 1 is 1.16 bits per heavy atom. The number of rotatable bonds is 5. The van der Waals surface area contributed by atoms with Gasteiger partial charge in [-0.3, -0.25) is 4.90 Å². The summed E-state index contributed by atoms with van der Waals surface area (Å²) in [5.41, 5.74) is 8.72. The maximum atomic E-state index is 15.1. The molecule has 50 heavy (non-hydrogen) atoms. The summed E-state index contributed by atoms with van der Waals surface area (Å²) in [4.78, 5) is 24.0. The van der Waals surface area contributed by atoms with Gasteiger partial charge in [-0.15, -0.1) is 11.3 Å². The van der Waals surface area contributed by atoms with Crippen LogP contribution in [0.2, 0.25) is 5.02 Å². The molecular weight excluding hydrogens is 679 g/mol. The van der Waals surface area contributed by atoms with Crippen molar-refractivity contribution in [1.29, 1.82) is 10.5 Å². The number of amides is 2. The Bertz CT molecular complexity index is 2090. The number of fused-ring (bicyclic) bond motifs is 1. The Kier molecular flexibility index (Phi) is 9.24. The molecule has 3 aliphatic rings. The molecule has 2 fully saturated rings. The number of likely N-dealkylation sites (tertiary alicyclic amines) is 2. The van der Waals surface area contributed by atoms with Crippen molar-refractivity contribution >= 4 is 60.6 Å². The van der Waals surface area contributed by atoms with Gasteiger partial charge in [-0.2, -0.15) is 10.5 Å². The van der Waals surface area contributed by atoms with Crippen LogP contribution in [0.1, 0.15) is 50.2 Å². The third-order valence-corrected chi connectivity index (χ3v) is 11.7. The average Bonchev–Trinajstić information content (AvgIpc) is 3.70. The summed E-state index contributed by atoms with van der Waals surface area (Å²) in [6, 6.07) is 9.21. The van der Waals surface area contributed by atoms with Crippen LogP contribution < -0.4 is 25.4 Å². The Balaban J connectivity index is 1.49. The molecule has 7 rings (SSSR count). The topological polar surface area (TPSA) is 144 Å². The summed E-state index contributed by atoms with van der Waals surface area (Å²) in [7, 11) is 3.70. The number of nitrogens with one attached hydrogen (secondary N) is 1. The van der Waals surface area contributed by atoms with Gasteiger partial charge in [0.1, 0.15) is 40.4 Å². The second kappa shape index (κ2) is 13.6. The minimum atomic E-state index is -0.487. The number of thiophene rings is 1. The number of likely N-dealkylation sites (N-methyl/N-ethyl adjacent to an activating group) is 1. The lowest BCUT2D eigenvalue weighted by Crippen LogP contribution is -2.52. The van der Waals surface area contributed by atoms with Crippen molar-refractivity contribution < 1.29 is 18.7 Å². The number of nitriles is 2. The van der Waals surface area contributed by atoms with Crippen molar-refractivity contribution in [3.63, 3.8) is 0 Å². The van der Waals surface area contributed by atoms with Crippen LogP contribution in [-0.2, 0) is 0 Å². The molecule has 2 aromatic heterocycles. The van der Waals surface area contributed by atoms with Gasteiger partial charge in [0.05, 0.1) is 38.5 Å². The molecule has 0 spiro atoms. The van der Waals surface area contributed by atoms with E-state index in [-0.39, 0.29) is 55.9 Å². The summed E-state index contributed by atoms with van der Waals surface area (Å²) in [5.74, 6) is 0.0590. The van der Waals surface area contributed by atoms with Gasteiger partial charge < -0.3 is 30.3 Å². The summed E-state index contributed by atoms with van der Waals surface area (Å²) >= 11 is 8.29. The van der Waals surface area contributed by atoms with E-state index in [2.05, 4.69) is 34.3 Å². The van der Waals surface area contributed by atoms with E-state index in [0.29, 0.717) is 71.5 Å². The van der Waals surface area contributed by atoms with E-state index in [9.17, 15) is 15.3 Å². The van der Waals surface area contributed by atoms with Crippen molar-refractivity contribution in [2.45, 2.75) is 57.2 Å². The Labute approximate surface area is 298 Å². The van der Waals surface area contributed by atoms with Crippen LogP contribution in [0.3, 0.4) is 0 Å². The largest absolute Gasteiger partial charge is 0.491 e. The van der Waals surface area contributed by atoms with Gasteiger partial charge in [-0.05, 0) is 70.3 Å². The number of aromatic nitrogens is 1. The number of hydrogen-bond donors (Lipinski definition) is 2. The Morgan fingerprint density at radius 2 is 1.94 bits per heavy atom. The van der Waals surface area contributed by atoms with Crippen LogP contribution in [0.5, 0.6) is 11.6 Å². The summed E-state index contributed by atoms with van der Waals surface area (Å²) < 4.78 is 28.4. The normalized spacial score (nSPS) is 20.1. The second-order valence-corrected chi connectivity index (χ2v) is 14.6. The van der Waals surface area contributed by atoms with Crippen LogP contribution in [0.15, 0.2) is 18.2 Å². The Hall–Kier alpha value is -4.56. The van der Waals surface area contributed by atoms with Crippen molar-refractivity contribution in [1.82, 2.24) is 20.1 Å². The van der Waals surface area contributed by atoms with Gasteiger partial charge in [-0.25, -0.2) is 14.2 Å². The zero-order chi connectivity index (χ0) is 35.3. The molecule has 1 unspecified atom stereocenters. The highest BCUT2D eigenvalue weighted by atomic mass is 35.5. The minimum Gasteiger partial charge on any atom is -0.491 e. The summed E-state index contributed by atoms with van der Waals surface area (Å²) in [5, 5.41) is 25.0. The van der Waals surface area contributed by atoms with Crippen molar-refractivity contribution in [2.75, 3.05) is 57.5 Å². The van der Waals surface area contributed by atoms with Gasteiger partial charge in [-0.1, -0.05) is 17.7 Å². The zero-order valence-corrected chi connectivity index (χ0v) is 29.8. The van der Waals surface area contributed by atoms with E-state index in [4.69, 9.17) is 31.8 Å². The van der Waals surface area contributed by atoms with Crippen LogP contribution in [-0.4, -0.2) is 85.9 Å². The van der Waals surface area contributed by atoms with Crippen molar-refractivity contribution in [3.8, 4) is 34.9 Å². The van der Waals surface area contributed by atoms with E-state index >= 15 is 4.39 Å². The number of nitrogens with zero attached hydrogens (tertiary/aromatic N) is 6. The molecule has 3 aliphatic heterocycles. The number of urea groups is 1. The van der Waals surface area contributed by atoms with Gasteiger partial charge in [0, 0.05) is 49.7 Å². The number of hydrogen-bond acceptors (Lipinski definition) is 10. The number of carbonyl (C=O) groups excluding carboxylic acids is 1. The van der Waals surface area contributed by atoms with Crippen LogP contribution in [0.25, 0.3) is 32.1 Å². The van der Waals surface area contributed by atoms with E-state index < -0.39 is 5.82 Å². The third kappa shape index (κ3) is 5.67. The average molecular weight is 717 g/mol. The first-order chi connectivity index (χ1) is 24.2. The van der Waals surface area contributed by atoms with Gasteiger partial charge in [0.2, 0.25) is 5.88 Å². The summed E-state index contributed by atoms with van der Waals surface area (Å²) in [6.45, 7) is 4.98. The molecule has 0 aliphatic carbocycles. The third-order valence-electron chi connectivity index (χ3n) is 10.3. The highest BCUT2D eigenvalue weighted by molar-refractivity contribution is 7.23. The number of pyridine rings is 1. The molecule has 3 N–H and O–H groups in total. The Morgan fingerprint density at radius 3 is 2.66 bits per heavy atom. The maximum absolute atomic E-state index is 15.1. The van der Waals surface area contributed by atoms with E-state index in [0.717, 1.165) is 43.6 Å². The predicted molar refractivity (Wildman–Crippen MR) is 194 cm³/mol. The predicted octanol–water partition coefficient (Wildman–Crippen LogP) is 6.49. The lowest BCUT2D eigenvalue weighted by molar-refractivity contribution is 0.117. The molecule has 2 saturated heterocycles. The van der Waals surface area contributed by atoms with Crippen molar-refractivity contribution in [2.24, 2.45) is 0 Å². The maximum Gasteiger partial charge on any atom is 0.317 e. The minimum absolute atomic E-state index is 0.0990. The first kappa shape index (κ1) is 33.9. The highest BCUT2D eigenvalue weighted by Gasteiger charge is 2.36. The van der Waals surface area contributed by atoms with Crippen LogP contribution in [0.4, 0.5) is 19.9 Å². The number of carbonyl (C=O) groups is 1. The first-order valence-corrected chi connectivity index (χ1v) is 18.1. The quantitative estimate of drug-likeness (QED) is 0.237. The van der Waals surface area contributed by atoms with Crippen LogP contribution in [0, 0.1) is 28.5 Å².